The fourth-order valence-electron chi connectivity index (χ4n) is 2.35. The van der Waals surface area contributed by atoms with Gasteiger partial charge in [0.05, 0.1) is 0 Å². The Kier molecular flexibility index (Phi) is 4.87. The van der Waals surface area contributed by atoms with Gasteiger partial charge in [-0.3, -0.25) is 0 Å². The summed E-state index contributed by atoms with van der Waals surface area (Å²) in [5.41, 5.74) is 0.485. The van der Waals surface area contributed by atoms with Crippen LogP contribution in [0.4, 0.5) is 0 Å². The van der Waals surface area contributed by atoms with Crippen molar-refractivity contribution < 1.29 is 9.84 Å². The minimum Gasteiger partial charge on any atom is -0.490 e. The number of rotatable bonds is 4. The Morgan fingerprint density at radius 3 is 2.68 bits per heavy atom. The molecule has 1 aliphatic rings. The average Bonchev–Trinajstić information content (AvgIpc) is 2.38. The zero-order chi connectivity index (χ0) is 13.9. The minimum absolute atomic E-state index is 0.371. The summed E-state index contributed by atoms with van der Waals surface area (Å²) in [4.78, 5) is 0. The Morgan fingerprint density at radius 2 is 2.05 bits per heavy atom. The molecule has 1 saturated heterocycles. The first-order chi connectivity index (χ1) is 9.00. The van der Waals surface area contributed by atoms with E-state index in [1.54, 1.807) is 0 Å². The van der Waals surface area contributed by atoms with Crippen LogP contribution in [0.25, 0.3) is 0 Å². The number of hydrogen-bond donors (Lipinski definition) is 2. The normalized spacial score (nSPS) is 18.6. The predicted molar refractivity (Wildman–Crippen MR) is 80.8 cm³/mol. The van der Waals surface area contributed by atoms with Crippen LogP contribution in [0.3, 0.4) is 0 Å². The molecule has 0 unspecified atom stereocenters. The lowest BCUT2D eigenvalue weighted by molar-refractivity contribution is -0.0288. The van der Waals surface area contributed by atoms with Crippen LogP contribution in [0.5, 0.6) is 5.75 Å². The Bertz CT molecular complexity index is 428. The molecule has 1 aromatic rings. The van der Waals surface area contributed by atoms with Gasteiger partial charge in [-0.05, 0) is 55.6 Å². The molecule has 0 atom stereocenters. The molecule has 0 spiro atoms. The summed E-state index contributed by atoms with van der Waals surface area (Å²) in [5.74, 6) is 1.28. The van der Waals surface area contributed by atoms with E-state index in [-0.39, 0.29) is 0 Å². The SMILES string of the molecule is CC(C)c1cc(Br)ccc1OCC1(O)CCNCC1. The Balaban J connectivity index is 2.06. The molecule has 2 N–H and O–H groups in total. The van der Waals surface area contributed by atoms with Crippen LogP contribution in [-0.4, -0.2) is 30.4 Å². The highest BCUT2D eigenvalue weighted by Gasteiger charge is 2.30. The first-order valence-corrected chi connectivity index (χ1v) is 7.65. The molecule has 0 aliphatic carbocycles. The van der Waals surface area contributed by atoms with Crippen molar-refractivity contribution in [1.82, 2.24) is 5.32 Å². The second-order valence-corrected chi connectivity index (χ2v) is 6.52. The molecule has 0 amide bonds. The fourth-order valence-corrected chi connectivity index (χ4v) is 2.73. The third kappa shape index (κ3) is 3.94. The second-order valence-electron chi connectivity index (χ2n) is 5.60. The summed E-state index contributed by atoms with van der Waals surface area (Å²) in [5, 5.41) is 13.7. The van der Waals surface area contributed by atoms with Gasteiger partial charge < -0.3 is 15.2 Å². The van der Waals surface area contributed by atoms with Gasteiger partial charge in [0.2, 0.25) is 0 Å². The molecule has 2 rings (SSSR count). The van der Waals surface area contributed by atoms with E-state index in [1.165, 1.54) is 5.56 Å². The maximum absolute atomic E-state index is 10.4. The van der Waals surface area contributed by atoms with E-state index in [4.69, 9.17) is 4.74 Å². The standard InChI is InChI=1S/C15H22BrNO2/c1-11(2)13-9-12(16)3-4-14(13)19-10-15(18)5-7-17-8-6-15/h3-4,9,11,17-18H,5-8,10H2,1-2H3. The predicted octanol–water partition coefficient (Wildman–Crippen LogP) is 3.07. The average molecular weight is 328 g/mol. The molecule has 0 radical (unpaired) electrons. The van der Waals surface area contributed by atoms with Crippen molar-refractivity contribution in [2.45, 2.75) is 38.2 Å². The summed E-state index contributed by atoms with van der Waals surface area (Å²) < 4.78 is 6.96. The highest BCUT2D eigenvalue weighted by molar-refractivity contribution is 9.10. The summed E-state index contributed by atoms with van der Waals surface area (Å²) in [6.07, 6.45) is 1.50. The first-order valence-electron chi connectivity index (χ1n) is 6.85. The van der Waals surface area contributed by atoms with Crippen molar-refractivity contribution in [3.63, 3.8) is 0 Å². The van der Waals surface area contributed by atoms with Gasteiger partial charge in [0, 0.05) is 4.47 Å². The van der Waals surface area contributed by atoms with Crippen LogP contribution in [0, 0.1) is 0 Å². The van der Waals surface area contributed by atoms with E-state index in [0.717, 1.165) is 36.2 Å². The molecular formula is C15H22BrNO2. The van der Waals surface area contributed by atoms with Gasteiger partial charge in [0.25, 0.3) is 0 Å². The molecule has 1 aromatic carbocycles. The number of ether oxygens (including phenoxy) is 1. The van der Waals surface area contributed by atoms with Crippen LogP contribution in [0.2, 0.25) is 0 Å². The van der Waals surface area contributed by atoms with E-state index < -0.39 is 5.60 Å². The summed E-state index contributed by atoms with van der Waals surface area (Å²) in [6, 6.07) is 6.05. The van der Waals surface area contributed by atoms with Crippen molar-refractivity contribution >= 4 is 15.9 Å². The van der Waals surface area contributed by atoms with Crippen LogP contribution < -0.4 is 10.1 Å². The highest BCUT2D eigenvalue weighted by Crippen LogP contribution is 2.30. The molecular weight excluding hydrogens is 306 g/mol. The van der Waals surface area contributed by atoms with Crippen molar-refractivity contribution in [2.24, 2.45) is 0 Å². The van der Waals surface area contributed by atoms with E-state index in [1.807, 2.05) is 12.1 Å². The van der Waals surface area contributed by atoms with Crippen LogP contribution in [0.1, 0.15) is 38.2 Å². The van der Waals surface area contributed by atoms with E-state index in [2.05, 4.69) is 41.2 Å². The summed E-state index contributed by atoms with van der Waals surface area (Å²) in [7, 11) is 0. The maximum atomic E-state index is 10.4. The number of nitrogens with one attached hydrogen (secondary N) is 1. The van der Waals surface area contributed by atoms with E-state index in [9.17, 15) is 5.11 Å². The van der Waals surface area contributed by atoms with E-state index >= 15 is 0 Å². The molecule has 0 bridgehead atoms. The molecule has 0 saturated carbocycles. The maximum Gasteiger partial charge on any atom is 0.122 e. The van der Waals surface area contributed by atoms with Gasteiger partial charge in [0.15, 0.2) is 0 Å². The molecule has 1 heterocycles. The van der Waals surface area contributed by atoms with Crippen molar-refractivity contribution in [3.8, 4) is 5.75 Å². The van der Waals surface area contributed by atoms with Crippen LogP contribution >= 0.6 is 15.9 Å². The third-order valence-electron chi connectivity index (χ3n) is 3.62. The lowest BCUT2D eigenvalue weighted by atomic mass is 9.93. The molecule has 4 heteroatoms. The number of benzene rings is 1. The third-order valence-corrected chi connectivity index (χ3v) is 4.12. The smallest absolute Gasteiger partial charge is 0.122 e. The minimum atomic E-state index is -0.688. The molecule has 106 valence electrons. The topological polar surface area (TPSA) is 41.5 Å². The summed E-state index contributed by atoms with van der Waals surface area (Å²) in [6.45, 7) is 6.38. The van der Waals surface area contributed by atoms with Crippen LogP contribution in [0.15, 0.2) is 22.7 Å². The zero-order valence-electron chi connectivity index (χ0n) is 11.6. The quantitative estimate of drug-likeness (QED) is 0.893. The van der Waals surface area contributed by atoms with Gasteiger partial charge in [-0.15, -0.1) is 0 Å². The van der Waals surface area contributed by atoms with Crippen LogP contribution in [-0.2, 0) is 0 Å². The fraction of sp³-hybridized carbons (Fsp3) is 0.600. The molecule has 0 aromatic heterocycles. The molecule has 3 nitrogen and oxygen atoms in total. The lowest BCUT2D eigenvalue weighted by Crippen LogP contribution is -2.46. The number of hydrogen-bond acceptors (Lipinski definition) is 3. The van der Waals surface area contributed by atoms with Gasteiger partial charge in [-0.1, -0.05) is 29.8 Å². The molecule has 1 aliphatic heterocycles. The van der Waals surface area contributed by atoms with Gasteiger partial charge in [0.1, 0.15) is 18.0 Å². The van der Waals surface area contributed by atoms with Gasteiger partial charge >= 0.3 is 0 Å². The Morgan fingerprint density at radius 1 is 1.37 bits per heavy atom. The number of piperidine rings is 1. The van der Waals surface area contributed by atoms with Gasteiger partial charge in [-0.2, -0.15) is 0 Å². The molecule has 1 fully saturated rings. The Hall–Kier alpha value is -0.580. The Labute approximate surface area is 123 Å². The van der Waals surface area contributed by atoms with Gasteiger partial charge in [-0.25, -0.2) is 0 Å². The van der Waals surface area contributed by atoms with Crippen molar-refractivity contribution in [1.29, 1.82) is 0 Å². The monoisotopic (exact) mass is 327 g/mol. The first kappa shape index (κ1) is 14.8. The second kappa shape index (κ2) is 6.25. The van der Waals surface area contributed by atoms with Crippen molar-refractivity contribution in [3.05, 3.63) is 28.2 Å². The highest BCUT2D eigenvalue weighted by atomic mass is 79.9. The largest absolute Gasteiger partial charge is 0.490 e. The number of halogens is 1. The zero-order valence-corrected chi connectivity index (χ0v) is 13.2. The van der Waals surface area contributed by atoms with Crippen molar-refractivity contribution in [2.75, 3.05) is 19.7 Å². The summed E-state index contributed by atoms with van der Waals surface area (Å²) >= 11 is 3.49. The lowest BCUT2D eigenvalue weighted by Gasteiger charge is -2.32. The molecule has 19 heavy (non-hydrogen) atoms. The number of aliphatic hydroxyl groups is 1. The van der Waals surface area contributed by atoms with E-state index in [0.29, 0.717) is 12.5 Å².